The Kier molecular flexibility index (Phi) is 7.50. The van der Waals surface area contributed by atoms with Crippen molar-refractivity contribution < 1.29 is 9.53 Å². The van der Waals surface area contributed by atoms with Crippen molar-refractivity contribution in [1.82, 2.24) is 0 Å². The van der Waals surface area contributed by atoms with Crippen LogP contribution in [0.15, 0.2) is 48.5 Å². The molecule has 1 N–H and O–H groups in total. The predicted molar refractivity (Wildman–Crippen MR) is 105 cm³/mol. The summed E-state index contributed by atoms with van der Waals surface area (Å²) in [6, 6.07) is 16.6. The number of hydrogen-bond donors (Lipinski definition) is 1. The van der Waals surface area contributed by atoms with E-state index in [9.17, 15) is 4.79 Å². The summed E-state index contributed by atoms with van der Waals surface area (Å²) in [6.07, 6.45) is 2.32. The van der Waals surface area contributed by atoms with Gasteiger partial charge in [0.15, 0.2) is 6.61 Å². The molecule has 0 aliphatic carbocycles. The number of ether oxygens (including phenoxy) is 1. The second-order valence-corrected chi connectivity index (χ2v) is 5.91. The van der Waals surface area contributed by atoms with Crippen LogP contribution in [0.1, 0.15) is 37.0 Å². The number of benzene rings is 2. The molecule has 0 saturated carbocycles. The number of hydrogen-bond acceptors (Lipinski definition) is 4. The summed E-state index contributed by atoms with van der Waals surface area (Å²) >= 11 is 0. The van der Waals surface area contributed by atoms with E-state index in [1.807, 2.05) is 30.3 Å². The van der Waals surface area contributed by atoms with Gasteiger partial charge in [0.05, 0.1) is 0 Å². The second kappa shape index (κ2) is 10.1. The van der Waals surface area contributed by atoms with E-state index in [0.717, 1.165) is 31.6 Å². The Morgan fingerprint density at radius 1 is 1.12 bits per heavy atom. The Balaban J connectivity index is 1.98. The number of amides is 1. The van der Waals surface area contributed by atoms with Gasteiger partial charge in [-0.2, -0.15) is 5.26 Å². The van der Waals surface area contributed by atoms with Crippen molar-refractivity contribution in [2.45, 2.75) is 26.7 Å². The van der Waals surface area contributed by atoms with E-state index in [0.29, 0.717) is 17.0 Å². The summed E-state index contributed by atoms with van der Waals surface area (Å²) in [5, 5.41) is 11.4. The number of carbonyl (C=O) groups excluding carboxylic acids is 1. The molecular formula is C21H25N3O2. The molecule has 2 aromatic rings. The van der Waals surface area contributed by atoms with Crippen molar-refractivity contribution in [3.05, 3.63) is 54.1 Å². The van der Waals surface area contributed by atoms with Gasteiger partial charge >= 0.3 is 0 Å². The van der Waals surface area contributed by atoms with Crippen LogP contribution in [0.25, 0.3) is 0 Å². The summed E-state index contributed by atoms with van der Waals surface area (Å²) < 4.78 is 5.20. The van der Waals surface area contributed by atoms with Crippen LogP contribution in [0.2, 0.25) is 0 Å². The fraction of sp³-hybridized carbons (Fsp3) is 0.333. The molecule has 1 amide bonds. The van der Waals surface area contributed by atoms with E-state index in [2.05, 4.69) is 24.1 Å². The van der Waals surface area contributed by atoms with E-state index in [1.54, 1.807) is 24.3 Å². The first kappa shape index (κ1) is 19.3. The van der Waals surface area contributed by atoms with Crippen molar-refractivity contribution in [3.63, 3.8) is 0 Å². The Morgan fingerprint density at radius 2 is 1.81 bits per heavy atom. The van der Waals surface area contributed by atoms with E-state index in [4.69, 9.17) is 10.00 Å². The molecule has 2 aromatic carbocycles. The molecule has 0 spiro atoms. The van der Waals surface area contributed by atoms with Crippen LogP contribution in [-0.2, 0) is 0 Å². The Bertz CT molecular complexity index is 733. The van der Waals surface area contributed by atoms with E-state index >= 15 is 0 Å². The lowest BCUT2D eigenvalue weighted by Crippen LogP contribution is -2.23. The summed E-state index contributed by atoms with van der Waals surface area (Å²) in [5.74, 6) is 0.444. The molecule has 0 atom stereocenters. The zero-order valence-electron chi connectivity index (χ0n) is 15.4. The molecule has 2 rings (SSSR count). The largest absolute Gasteiger partial charge is 0.479 e. The maximum atomic E-state index is 12.4. The molecule has 0 bridgehead atoms. The third-order valence-corrected chi connectivity index (χ3v) is 4.07. The number of unbranched alkanes of at least 4 members (excludes halogenated alkanes) is 1. The van der Waals surface area contributed by atoms with Crippen molar-refractivity contribution in [1.29, 1.82) is 5.26 Å². The molecule has 5 nitrogen and oxygen atoms in total. The number of nitrogens with zero attached hydrogens (tertiary/aromatic N) is 2. The van der Waals surface area contributed by atoms with E-state index in [-0.39, 0.29) is 12.5 Å². The number of rotatable bonds is 9. The summed E-state index contributed by atoms with van der Waals surface area (Å²) in [4.78, 5) is 14.7. The SMILES string of the molecule is CCCCN(CC)c1ccc(C(=O)Nc2ccc(OCC#N)cc2)cc1. The Labute approximate surface area is 155 Å². The first-order valence-corrected chi connectivity index (χ1v) is 8.94. The zero-order valence-corrected chi connectivity index (χ0v) is 15.4. The molecule has 0 heterocycles. The molecule has 5 heteroatoms. The lowest BCUT2D eigenvalue weighted by Gasteiger charge is -2.23. The van der Waals surface area contributed by atoms with Crippen molar-refractivity contribution in [2.24, 2.45) is 0 Å². The summed E-state index contributed by atoms with van der Waals surface area (Å²) in [7, 11) is 0. The maximum absolute atomic E-state index is 12.4. The Morgan fingerprint density at radius 3 is 2.38 bits per heavy atom. The predicted octanol–water partition coefficient (Wildman–Crippen LogP) is 4.47. The van der Waals surface area contributed by atoms with Crippen molar-refractivity contribution in [2.75, 3.05) is 29.9 Å². The van der Waals surface area contributed by atoms with Gasteiger partial charge in [-0.3, -0.25) is 4.79 Å². The average Bonchev–Trinajstić information content (AvgIpc) is 2.68. The van der Waals surface area contributed by atoms with Gasteiger partial charge in [-0.05, 0) is 61.9 Å². The summed E-state index contributed by atoms with van der Waals surface area (Å²) in [5.41, 5.74) is 2.43. The second-order valence-electron chi connectivity index (χ2n) is 5.91. The highest BCUT2D eigenvalue weighted by molar-refractivity contribution is 6.04. The topological polar surface area (TPSA) is 65.4 Å². The minimum absolute atomic E-state index is 0.00505. The Hall–Kier alpha value is -3.00. The molecule has 0 radical (unpaired) electrons. The number of nitrogens with one attached hydrogen (secondary N) is 1. The van der Waals surface area contributed by atoms with Gasteiger partial charge in [0, 0.05) is 30.0 Å². The van der Waals surface area contributed by atoms with Gasteiger partial charge in [-0.15, -0.1) is 0 Å². The normalized spacial score (nSPS) is 10.0. The molecule has 0 saturated heterocycles. The smallest absolute Gasteiger partial charge is 0.255 e. The van der Waals surface area contributed by atoms with Crippen molar-refractivity contribution in [3.8, 4) is 11.8 Å². The van der Waals surface area contributed by atoms with Crippen LogP contribution >= 0.6 is 0 Å². The molecule has 0 aliphatic heterocycles. The van der Waals surface area contributed by atoms with Crippen molar-refractivity contribution >= 4 is 17.3 Å². The molecule has 0 unspecified atom stereocenters. The molecule has 0 aliphatic rings. The van der Waals surface area contributed by atoms with Crippen LogP contribution in [0.4, 0.5) is 11.4 Å². The van der Waals surface area contributed by atoms with E-state index in [1.165, 1.54) is 0 Å². The quantitative estimate of drug-likeness (QED) is 0.724. The van der Waals surface area contributed by atoms with Gasteiger partial charge in [-0.1, -0.05) is 13.3 Å². The van der Waals surface area contributed by atoms with Gasteiger partial charge in [0.1, 0.15) is 11.8 Å². The minimum atomic E-state index is -0.154. The maximum Gasteiger partial charge on any atom is 0.255 e. The number of carbonyl (C=O) groups is 1. The van der Waals surface area contributed by atoms with Gasteiger partial charge in [0.2, 0.25) is 0 Å². The molecule has 0 aromatic heterocycles. The van der Waals surface area contributed by atoms with E-state index < -0.39 is 0 Å². The third-order valence-electron chi connectivity index (χ3n) is 4.07. The fourth-order valence-electron chi connectivity index (χ4n) is 2.60. The first-order chi connectivity index (χ1) is 12.7. The average molecular weight is 351 g/mol. The highest BCUT2D eigenvalue weighted by atomic mass is 16.5. The van der Waals surface area contributed by atoms with Gasteiger partial charge in [0.25, 0.3) is 5.91 Å². The molecule has 136 valence electrons. The zero-order chi connectivity index (χ0) is 18.8. The fourth-order valence-corrected chi connectivity index (χ4v) is 2.60. The number of anilines is 2. The molecular weight excluding hydrogens is 326 g/mol. The lowest BCUT2D eigenvalue weighted by atomic mass is 10.1. The van der Waals surface area contributed by atoms with Crippen LogP contribution in [0, 0.1) is 11.3 Å². The van der Waals surface area contributed by atoms with Crippen LogP contribution < -0.4 is 15.0 Å². The number of nitriles is 1. The highest BCUT2D eigenvalue weighted by Crippen LogP contribution is 2.19. The van der Waals surface area contributed by atoms with Gasteiger partial charge < -0.3 is 15.0 Å². The molecule has 0 fully saturated rings. The first-order valence-electron chi connectivity index (χ1n) is 8.94. The minimum Gasteiger partial charge on any atom is -0.479 e. The van der Waals surface area contributed by atoms with Crippen LogP contribution in [0.3, 0.4) is 0 Å². The lowest BCUT2D eigenvalue weighted by molar-refractivity contribution is 0.102. The monoisotopic (exact) mass is 351 g/mol. The van der Waals surface area contributed by atoms with Crippen LogP contribution in [-0.4, -0.2) is 25.6 Å². The third kappa shape index (κ3) is 5.52. The molecule has 26 heavy (non-hydrogen) atoms. The summed E-state index contributed by atoms with van der Waals surface area (Å²) in [6.45, 7) is 6.30. The van der Waals surface area contributed by atoms with Crippen LogP contribution in [0.5, 0.6) is 5.75 Å². The van der Waals surface area contributed by atoms with Gasteiger partial charge in [-0.25, -0.2) is 0 Å². The standard InChI is InChI=1S/C21H25N3O2/c1-3-5-15-24(4-2)19-10-6-17(7-11-19)21(25)23-18-8-12-20(13-9-18)26-16-14-22/h6-13H,3-5,15-16H2,1-2H3,(H,23,25). The highest BCUT2D eigenvalue weighted by Gasteiger charge is 2.08.